The van der Waals surface area contributed by atoms with Crippen LogP contribution in [0.25, 0.3) is 0 Å². The molecule has 0 fully saturated rings. The van der Waals surface area contributed by atoms with Gasteiger partial charge in [-0.25, -0.2) is 0 Å². The van der Waals surface area contributed by atoms with Gasteiger partial charge in [-0.1, -0.05) is 22.9 Å². The van der Waals surface area contributed by atoms with Gasteiger partial charge in [0.25, 0.3) is 0 Å². The Bertz CT molecular complexity index is 575. The zero-order valence-corrected chi connectivity index (χ0v) is 13.8. The second-order valence-corrected chi connectivity index (χ2v) is 6.13. The molecule has 2 rings (SSSR count). The Kier molecular flexibility index (Phi) is 5.65. The molecule has 1 aromatic carbocycles. The van der Waals surface area contributed by atoms with Gasteiger partial charge in [0.15, 0.2) is 11.5 Å². The number of ether oxygens (including phenoxy) is 2. The highest BCUT2D eigenvalue weighted by Gasteiger charge is 2.17. The Balaban J connectivity index is 1.92. The highest BCUT2D eigenvalue weighted by atomic mass is 79.9. The van der Waals surface area contributed by atoms with Crippen LogP contribution in [-0.2, 0) is 16.0 Å². The molecule has 0 spiro atoms. The third-order valence-corrected chi connectivity index (χ3v) is 3.97. The summed E-state index contributed by atoms with van der Waals surface area (Å²) in [6.07, 6.45) is 0.227. The molecule has 1 aromatic rings. The molecule has 7 heteroatoms. The van der Waals surface area contributed by atoms with E-state index in [4.69, 9.17) is 14.6 Å². The first-order valence-electron chi connectivity index (χ1n) is 7.02. The molecule has 0 bridgehead atoms. The van der Waals surface area contributed by atoms with Crippen LogP contribution in [0, 0.1) is 5.92 Å². The molecule has 0 aromatic heterocycles. The van der Waals surface area contributed by atoms with Crippen LogP contribution in [0.1, 0.15) is 18.9 Å². The maximum Gasteiger partial charge on any atom is 0.303 e. The fourth-order valence-electron chi connectivity index (χ4n) is 2.14. The molecule has 1 amide bonds. The monoisotopic (exact) mass is 371 g/mol. The van der Waals surface area contributed by atoms with Gasteiger partial charge in [-0.3, -0.25) is 9.59 Å². The Morgan fingerprint density at radius 2 is 1.95 bits per heavy atom. The molecule has 120 valence electrons. The quantitative estimate of drug-likeness (QED) is 0.798. The maximum atomic E-state index is 12.0. The number of carboxylic acids is 1. The van der Waals surface area contributed by atoms with Crippen LogP contribution in [0.15, 0.2) is 16.6 Å². The third-order valence-electron chi connectivity index (χ3n) is 3.23. The Morgan fingerprint density at radius 3 is 2.59 bits per heavy atom. The van der Waals surface area contributed by atoms with Crippen LogP contribution in [0.5, 0.6) is 11.5 Å². The predicted octanol–water partition coefficient (Wildman–Crippen LogP) is 1.99. The van der Waals surface area contributed by atoms with E-state index >= 15 is 0 Å². The van der Waals surface area contributed by atoms with Crippen molar-refractivity contribution in [2.45, 2.75) is 19.8 Å². The van der Waals surface area contributed by atoms with Crippen molar-refractivity contribution in [3.8, 4) is 11.5 Å². The lowest BCUT2D eigenvalue weighted by Gasteiger charge is -2.20. The first kappa shape index (κ1) is 16.6. The van der Waals surface area contributed by atoms with Gasteiger partial charge in [-0.15, -0.1) is 0 Å². The summed E-state index contributed by atoms with van der Waals surface area (Å²) in [5, 5.41) is 11.4. The summed E-state index contributed by atoms with van der Waals surface area (Å²) in [7, 11) is 0. The zero-order chi connectivity index (χ0) is 16.1. The number of amides is 1. The molecule has 1 unspecified atom stereocenters. The fourth-order valence-corrected chi connectivity index (χ4v) is 2.60. The number of carbonyl (C=O) groups excluding carboxylic acids is 1. The minimum absolute atomic E-state index is 0.0357. The molecule has 0 radical (unpaired) electrons. The van der Waals surface area contributed by atoms with Crippen molar-refractivity contribution in [3.05, 3.63) is 22.2 Å². The van der Waals surface area contributed by atoms with Crippen molar-refractivity contribution in [2.75, 3.05) is 19.8 Å². The number of aliphatic carboxylic acids is 1. The van der Waals surface area contributed by atoms with Gasteiger partial charge >= 0.3 is 5.97 Å². The van der Waals surface area contributed by atoms with Crippen LogP contribution < -0.4 is 14.8 Å². The van der Waals surface area contributed by atoms with E-state index in [1.165, 1.54) is 0 Å². The molecule has 22 heavy (non-hydrogen) atoms. The molecule has 0 saturated carbocycles. The number of hydrogen-bond acceptors (Lipinski definition) is 4. The molecule has 1 heterocycles. The molecular formula is C15H18BrNO5. The second kappa shape index (κ2) is 7.49. The predicted molar refractivity (Wildman–Crippen MR) is 83.3 cm³/mol. The van der Waals surface area contributed by atoms with Gasteiger partial charge in [0.05, 0.1) is 6.42 Å². The van der Waals surface area contributed by atoms with E-state index in [0.717, 1.165) is 10.0 Å². The van der Waals surface area contributed by atoms with Gasteiger partial charge in [0.2, 0.25) is 5.91 Å². The van der Waals surface area contributed by atoms with Gasteiger partial charge in [-0.2, -0.15) is 0 Å². The SMILES string of the molecule is CC(CNC(=O)Cc1cc2c(cc1Br)OCCO2)CC(=O)O. The number of nitrogens with one attached hydrogen (secondary N) is 1. The molecule has 1 aliphatic heterocycles. The molecule has 0 aliphatic carbocycles. The van der Waals surface area contributed by atoms with E-state index in [0.29, 0.717) is 31.3 Å². The van der Waals surface area contributed by atoms with Crippen molar-refractivity contribution < 1.29 is 24.2 Å². The van der Waals surface area contributed by atoms with E-state index in [1.807, 2.05) is 0 Å². The Hall–Kier alpha value is -1.76. The number of fused-ring (bicyclic) bond motifs is 1. The number of benzene rings is 1. The van der Waals surface area contributed by atoms with Gasteiger partial charge in [-0.05, 0) is 23.6 Å². The number of hydrogen-bond donors (Lipinski definition) is 2. The zero-order valence-electron chi connectivity index (χ0n) is 12.2. The summed E-state index contributed by atoms with van der Waals surface area (Å²) in [4.78, 5) is 22.6. The van der Waals surface area contributed by atoms with E-state index in [9.17, 15) is 9.59 Å². The van der Waals surface area contributed by atoms with Crippen LogP contribution in [0.2, 0.25) is 0 Å². The van der Waals surface area contributed by atoms with E-state index in [1.54, 1.807) is 19.1 Å². The number of carboxylic acid groups (broad SMARTS) is 1. The Labute approximate surface area is 136 Å². The first-order valence-corrected chi connectivity index (χ1v) is 7.81. The summed E-state index contributed by atoms with van der Waals surface area (Å²) in [5.74, 6) is 0.171. The van der Waals surface area contributed by atoms with Crippen LogP contribution in [0.3, 0.4) is 0 Å². The Morgan fingerprint density at radius 1 is 1.32 bits per heavy atom. The summed E-state index contributed by atoms with van der Waals surface area (Å²) < 4.78 is 11.8. The minimum atomic E-state index is -0.865. The summed E-state index contributed by atoms with van der Waals surface area (Å²) in [6, 6.07) is 3.59. The molecule has 6 nitrogen and oxygen atoms in total. The van der Waals surface area contributed by atoms with Crippen molar-refractivity contribution >= 4 is 27.8 Å². The minimum Gasteiger partial charge on any atom is -0.486 e. The number of halogens is 1. The van der Waals surface area contributed by atoms with Gasteiger partial charge in [0, 0.05) is 17.4 Å². The van der Waals surface area contributed by atoms with E-state index in [2.05, 4.69) is 21.2 Å². The lowest BCUT2D eigenvalue weighted by atomic mass is 10.1. The number of carbonyl (C=O) groups is 2. The van der Waals surface area contributed by atoms with Crippen LogP contribution in [-0.4, -0.2) is 36.7 Å². The number of rotatable bonds is 6. The van der Waals surface area contributed by atoms with E-state index < -0.39 is 5.97 Å². The van der Waals surface area contributed by atoms with E-state index in [-0.39, 0.29) is 24.7 Å². The van der Waals surface area contributed by atoms with Gasteiger partial charge < -0.3 is 19.9 Å². The second-order valence-electron chi connectivity index (χ2n) is 5.27. The molecule has 1 atom stereocenters. The highest BCUT2D eigenvalue weighted by Crippen LogP contribution is 2.35. The molecule has 2 N–H and O–H groups in total. The summed E-state index contributed by atoms with van der Waals surface area (Å²) in [6.45, 7) is 3.13. The standard InChI is InChI=1S/C15H18BrNO5/c1-9(4-15(19)20)8-17-14(18)6-10-5-12-13(7-11(10)16)22-3-2-21-12/h5,7,9H,2-4,6,8H2,1H3,(H,17,18)(H,19,20). The molecule has 0 saturated heterocycles. The van der Waals surface area contributed by atoms with Crippen LogP contribution in [0.4, 0.5) is 0 Å². The smallest absolute Gasteiger partial charge is 0.303 e. The topological polar surface area (TPSA) is 84.9 Å². The maximum absolute atomic E-state index is 12.0. The van der Waals surface area contributed by atoms with Crippen LogP contribution >= 0.6 is 15.9 Å². The highest BCUT2D eigenvalue weighted by molar-refractivity contribution is 9.10. The van der Waals surface area contributed by atoms with Crippen molar-refractivity contribution in [3.63, 3.8) is 0 Å². The average molecular weight is 372 g/mol. The van der Waals surface area contributed by atoms with Crippen molar-refractivity contribution in [2.24, 2.45) is 5.92 Å². The van der Waals surface area contributed by atoms with Crippen molar-refractivity contribution in [1.82, 2.24) is 5.32 Å². The third kappa shape index (κ3) is 4.62. The summed E-state index contributed by atoms with van der Waals surface area (Å²) >= 11 is 3.42. The van der Waals surface area contributed by atoms with Gasteiger partial charge in [0.1, 0.15) is 13.2 Å². The average Bonchev–Trinajstić information content (AvgIpc) is 2.45. The fraction of sp³-hybridized carbons (Fsp3) is 0.467. The first-order chi connectivity index (χ1) is 10.5. The molecule has 1 aliphatic rings. The van der Waals surface area contributed by atoms with Crippen molar-refractivity contribution in [1.29, 1.82) is 0 Å². The summed E-state index contributed by atoms with van der Waals surface area (Å²) in [5.41, 5.74) is 0.799. The normalized spacial score (nSPS) is 14.3. The largest absolute Gasteiger partial charge is 0.486 e. The lowest BCUT2D eigenvalue weighted by Crippen LogP contribution is -2.30. The molecular weight excluding hydrogens is 354 g/mol. The lowest BCUT2D eigenvalue weighted by molar-refractivity contribution is -0.138.